The van der Waals surface area contributed by atoms with Gasteiger partial charge in [-0.1, -0.05) is 38.1 Å². The summed E-state index contributed by atoms with van der Waals surface area (Å²) in [5, 5.41) is 3.46. The number of hydrogen-bond donors (Lipinski definition) is 1. The second-order valence-corrected chi connectivity index (χ2v) is 4.28. The van der Waals surface area contributed by atoms with Crippen LogP contribution in [0.2, 0.25) is 0 Å². The summed E-state index contributed by atoms with van der Waals surface area (Å²) in [6.45, 7) is 8.61. The van der Waals surface area contributed by atoms with Crippen LogP contribution in [0.3, 0.4) is 0 Å². The van der Waals surface area contributed by atoms with Gasteiger partial charge in [0.05, 0.1) is 0 Å². The van der Waals surface area contributed by atoms with E-state index in [2.05, 4.69) is 55.4 Å². The van der Waals surface area contributed by atoms with Crippen LogP contribution in [-0.2, 0) is 13.1 Å². The maximum absolute atomic E-state index is 3.46. The second-order valence-electron chi connectivity index (χ2n) is 4.28. The monoisotopic (exact) mass is 220 g/mol. The van der Waals surface area contributed by atoms with Crippen LogP contribution in [0.4, 0.5) is 0 Å². The average molecular weight is 220 g/mol. The summed E-state index contributed by atoms with van der Waals surface area (Å²) in [4.78, 5) is 2.33. The molecule has 90 valence electrons. The standard InChI is InChI=1S/C14H24N2/c1-4-10-15-11-13-8-6-7-9-14(13)12-16(3)5-2/h6-9,15H,4-5,10-12H2,1-3H3. The molecule has 0 amide bonds. The molecule has 1 aromatic rings. The van der Waals surface area contributed by atoms with E-state index in [-0.39, 0.29) is 0 Å². The highest BCUT2D eigenvalue weighted by atomic mass is 15.1. The molecule has 0 fully saturated rings. The largest absolute Gasteiger partial charge is 0.313 e. The summed E-state index contributed by atoms with van der Waals surface area (Å²) in [6.07, 6.45) is 1.19. The first kappa shape index (κ1) is 13.2. The van der Waals surface area contributed by atoms with Crippen LogP contribution in [0, 0.1) is 0 Å². The van der Waals surface area contributed by atoms with Crippen molar-refractivity contribution < 1.29 is 0 Å². The van der Waals surface area contributed by atoms with E-state index in [1.54, 1.807) is 0 Å². The molecule has 0 aliphatic carbocycles. The Morgan fingerprint density at radius 2 is 1.81 bits per heavy atom. The Bertz CT molecular complexity index is 297. The lowest BCUT2D eigenvalue weighted by molar-refractivity contribution is 0.344. The molecule has 2 heteroatoms. The average Bonchev–Trinajstić information content (AvgIpc) is 2.31. The summed E-state index contributed by atoms with van der Waals surface area (Å²) < 4.78 is 0. The number of hydrogen-bond acceptors (Lipinski definition) is 2. The summed E-state index contributed by atoms with van der Waals surface area (Å²) >= 11 is 0. The number of nitrogens with zero attached hydrogens (tertiary/aromatic N) is 1. The highest BCUT2D eigenvalue weighted by molar-refractivity contribution is 5.26. The van der Waals surface area contributed by atoms with Gasteiger partial charge in [0, 0.05) is 13.1 Å². The van der Waals surface area contributed by atoms with Crippen LogP contribution in [0.1, 0.15) is 31.4 Å². The minimum absolute atomic E-state index is 0.988. The fourth-order valence-corrected chi connectivity index (χ4v) is 1.69. The molecule has 0 atom stereocenters. The maximum Gasteiger partial charge on any atom is 0.0233 e. The quantitative estimate of drug-likeness (QED) is 0.711. The lowest BCUT2D eigenvalue weighted by Gasteiger charge is -2.17. The van der Waals surface area contributed by atoms with Crippen LogP contribution in [0.15, 0.2) is 24.3 Å². The molecule has 0 aliphatic rings. The van der Waals surface area contributed by atoms with E-state index < -0.39 is 0 Å². The van der Waals surface area contributed by atoms with Crippen molar-refractivity contribution in [3.63, 3.8) is 0 Å². The van der Waals surface area contributed by atoms with Gasteiger partial charge in [0.15, 0.2) is 0 Å². The van der Waals surface area contributed by atoms with Gasteiger partial charge in [-0.15, -0.1) is 0 Å². The van der Waals surface area contributed by atoms with Crippen molar-refractivity contribution in [2.24, 2.45) is 0 Å². The minimum atomic E-state index is 0.988. The summed E-state index contributed by atoms with van der Waals surface area (Å²) in [5.74, 6) is 0. The SMILES string of the molecule is CCCNCc1ccccc1CN(C)CC. The van der Waals surface area contributed by atoms with E-state index in [1.165, 1.54) is 17.5 Å². The molecule has 0 spiro atoms. The zero-order valence-corrected chi connectivity index (χ0v) is 10.8. The van der Waals surface area contributed by atoms with E-state index in [4.69, 9.17) is 0 Å². The molecule has 0 bridgehead atoms. The van der Waals surface area contributed by atoms with Crippen molar-refractivity contribution in [1.29, 1.82) is 0 Å². The normalized spacial score (nSPS) is 11.0. The molecule has 0 aliphatic heterocycles. The molecule has 1 rings (SSSR count). The Balaban J connectivity index is 2.60. The van der Waals surface area contributed by atoms with E-state index in [1.807, 2.05) is 0 Å². The summed E-state index contributed by atoms with van der Waals surface area (Å²) in [5.41, 5.74) is 2.87. The molecule has 0 aromatic heterocycles. The zero-order chi connectivity index (χ0) is 11.8. The van der Waals surface area contributed by atoms with Crippen molar-refractivity contribution in [2.45, 2.75) is 33.4 Å². The van der Waals surface area contributed by atoms with Crippen LogP contribution in [0.25, 0.3) is 0 Å². The summed E-state index contributed by atoms with van der Waals surface area (Å²) in [6, 6.07) is 8.71. The van der Waals surface area contributed by atoms with E-state index in [0.29, 0.717) is 0 Å². The molecular formula is C14H24N2. The fourth-order valence-electron chi connectivity index (χ4n) is 1.69. The van der Waals surface area contributed by atoms with E-state index >= 15 is 0 Å². The number of rotatable bonds is 7. The molecule has 0 heterocycles. The molecule has 1 N–H and O–H groups in total. The molecule has 0 saturated heterocycles. The van der Waals surface area contributed by atoms with Gasteiger partial charge < -0.3 is 10.2 Å². The van der Waals surface area contributed by atoms with Gasteiger partial charge >= 0.3 is 0 Å². The first-order valence-electron chi connectivity index (χ1n) is 6.24. The third kappa shape index (κ3) is 4.33. The summed E-state index contributed by atoms with van der Waals surface area (Å²) in [7, 11) is 2.16. The Labute approximate surface area is 99.7 Å². The van der Waals surface area contributed by atoms with Crippen LogP contribution in [0.5, 0.6) is 0 Å². The fraction of sp³-hybridized carbons (Fsp3) is 0.571. The third-order valence-electron chi connectivity index (χ3n) is 2.84. The van der Waals surface area contributed by atoms with Gasteiger partial charge in [0.25, 0.3) is 0 Å². The number of nitrogens with one attached hydrogen (secondary N) is 1. The van der Waals surface area contributed by atoms with Crippen molar-refractivity contribution in [2.75, 3.05) is 20.1 Å². The molecule has 2 nitrogen and oxygen atoms in total. The van der Waals surface area contributed by atoms with Gasteiger partial charge in [0.2, 0.25) is 0 Å². The smallest absolute Gasteiger partial charge is 0.0233 e. The predicted molar refractivity (Wildman–Crippen MR) is 70.4 cm³/mol. The second kappa shape index (κ2) is 7.42. The van der Waals surface area contributed by atoms with Crippen LogP contribution < -0.4 is 5.32 Å². The van der Waals surface area contributed by atoms with E-state index in [0.717, 1.165) is 26.2 Å². The topological polar surface area (TPSA) is 15.3 Å². The predicted octanol–water partition coefficient (Wildman–Crippen LogP) is 2.64. The Morgan fingerprint density at radius 3 is 2.44 bits per heavy atom. The first-order valence-corrected chi connectivity index (χ1v) is 6.24. The molecule has 0 radical (unpaired) electrons. The third-order valence-corrected chi connectivity index (χ3v) is 2.84. The lowest BCUT2D eigenvalue weighted by Crippen LogP contribution is -2.20. The Morgan fingerprint density at radius 1 is 1.12 bits per heavy atom. The molecule has 16 heavy (non-hydrogen) atoms. The number of benzene rings is 1. The van der Waals surface area contributed by atoms with Crippen molar-refractivity contribution in [3.8, 4) is 0 Å². The van der Waals surface area contributed by atoms with Crippen molar-refractivity contribution >= 4 is 0 Å². The van der Waals surface area contributed by atoms with Gasteiger partial charge in [-0.2, -0.15) is 0 Å². The van der Waals surface area contributed by atoms with E-state index in [9.17, 15) is 0 Å². The Hall–Kier alpha value is -0.860. The Kier molecular flexibility index (Phi) is 6.12. The molecule has 0 saturated carbocycles. The van der Waals surface area contributed by atoms with Crippen molar-refractivity contribution in [3.05, 3.63) is 35.4 Å². The van der Waals surface area contributed by atoms with Gasteiger partial charge in [0.1, 0.15) is 0 Å². The van der Waals surface area contributed by atoms with Gasteiger partial charge in [-0.3, -0.25) is 0 Å². The first-order chi connectivity index (χ1) is 7.77. The molecule has 0 unspecified atom stereocenters. The highest BCUT2D eigenvalue weighted by Gasteiger charge is 2.03. The molecular weight excluding hydrogens is 196 g/mol. The minimum Gasteiger partial charge on any atom is -0.313 e. The van der Waals surface area contributed by atoms with Crippen molar-refractivity contribution in [1.82, 2.24) is 10.2 Å². The van der Waals surface area contributed by atoms with Crippen LogP contribution in [-0.4, -0.2) is 25.0 Å². The lowest BCUT2D eigenvalue weighted by atomic mass is 10.1. The highest BCUT2D eigenvalue weighted by Crippen LogP contribution is 2.10. The molecule has 1 aromatic carbocycles. The van der Waals surface area contributed by atoms with Gasteiger partial charge in [-0.25, -0.2) is 0 Å². The zero-order valence-electron chi connectivity index (χ0n) is 10.8. The van der Waals surface area contributed by atoms with Crippen LogP contribution >= 0.6 is 0 Å². The van der Waals surface area contributed by atoms with Gasteiger partial charge in [-0.05, 0) is 37.7 Å². The maximum atomic E-state index is 3.46.